The van der Waals surface area contributed by atoms with Crippen molar-refractivity contribution < 1.29 is 70.3 Å². The second-order valence-corrected chi connectivity index (χ2v) is 16.2. The van der Waals surface area contributed by atoms with E-state index in [4.69, 9.17) is 24.5 Å². The number of nitrogens with one attached hydrogen (secondary N) is 1. The fraction of sp³-hybridized carbons (Fsp3) is 0.389. The number of phenols is 1. The molecule has 0 aliphatic carbocycles. The van der Waals surface area contributed by atoms with Crippen LogP contribution >= 0.6 is 0 Å². The molecule has 396 valence electrons. The molecule has 72 heavy (non-hydrogen) atoms. The molecule has 4 N–H and O–H groups in total. The molecule has 0 radical (unpaired) electrons. The highest BCUT2D eigenvalue weighted by Crippen LogP contribution is 2.34. The number of carboxylic acid groups (broad SMARTS) is 1. The van der Waals surface area contributed by atoms with Crippen LogP contribution in [-0.2, 0) is 30.2 Å². The Kier molecular flexibility index (Phi) is 29.7. The van der Waals surface area contributed by atoms with Gasteiger partial charge < -0.3 is 35.0 Å². The molecular formula is C54H69F6N3O9. The lowest BCUT2D eigenvalue weighted by atomic mass is 10.1. The minimum absolute atomic E-state index is 0. The van der Waals surface area contributed by atoms with Crippen LogP contribution in [0.3, 0.4) is 0 Å². The van der Waals surface area contributed by atoms with Crippen LogP contribution in [0, 0.1) is 6.92 Å². The minimum Gasteiger partial charge on any atom is -0.508 e. The normalized spacial score (nSPS) is 10.6. The predicted molar refractivity (Wildman–Crippen MR) is 266 cm³/mol. The molecule has 0 spiro atoms. The zero-order chi connectivity index (χ0) is 53.8. The Morgan fingerprint density at radius 3 is 1.83 bits per heavy atom. The zero-order valence-corrected chi connectivity index (χ0v) is 41.3. The molecule has 0 saturated heterocycles. The van der Waals surface area contributed by atoms with Crippen LogP contribution in [-0.4, -0.2) is 68.2 Å². The molecule has 0 aliphatic rings. The number of carbonyl (C=O) groups is 4. The van der Waals surface area contributed by atoms with Gasteiger partial charge in [0, 0.05) is 25.8 Å². The van der Waals surface area contributed by atoms with Crippen molar-refractivity contribution in [1.29, 1.82) is 0 Å². The van der Waals surface area contributed by atoms with E-state index in [1.54, 1.807) is 94.1 Å². The van der Waals surface area contributed by atoms with Crippen molar-refractivity contribution >= 4 is 24.3 Å². The Morgan fingerprint density at radius 2 is 1.33 bits per heavy atom. The lowest BCUT2D eigenvalue weighted by molar-refractivity contribution is -0.138. The Morgan fingerprint density at radius 1 is 0.764 bits per heavy atom. The summed E-state index contributed by atoms with van der Waals surface area (Å²) in [7, 11) is 0. The summed E-state index contributed by atoms with van der Waals surface area (Å²) in [5.74, 6) is -1.08. The Hall–Kier alpha value is -6.95. The van der Waals surface area contributed by atoms with Crippen molar-refractivity contribution in [2.75, 3.05) is 13.2 Å². The average molecular weight is 1020 g/mol. The molecule has 0 fully saturated rings. The fourth-order valence-corrected chi connectivity index (χ4v) is 5.86. The molecule has 0 atom stereocenters. The number of benzene rings is 4. The third-order valence-electron chi connectivity index (χ3n) is 9.21. The van der Waals surface area contributed by atoms with Crippen molar-refractivity contribution in [3.05, 3.63) is 154 Å². The van der Waals surface area contributed by atoms with Crippen molar-refractivity contribution in [1.82, 2.24) is 15.2 Å². The molecule has 5 rings (SSSR count). The van der Waals surface area contributed by atoms with Crippen LogP contribution < -0.4 is 14.8 Å². The first-order chi connectivity index (χ1) is 33.4. The van der Waals surface area contributed by atoms with Crippen LogP contribution in [0.5, 0.6) is 17.2 Å². The van der Waals surface area contributed by atoms with Crippen LogP contribution in [0.15, 0.2) is 109 Å². The summed E-state index contributed by atoms with van der Waals surface area (Å²) in [6.07, 6.45) is -2.01. The van der Waals surface area contributed by atoms with Gasteiger partial charge in [0.2, 0.25) is 0 Å². The van der Waals surface area contributed by atoms with Gasteiger partial charge in [-0.05, 0) is 119 Å². The number of aromatic hydroxyl groups is 1. The number of halogens is 6. The van der Waals surface area contributed by atoms with E-state index in [9.17, 15) is 45.8 Å². The van der Waals surface area contributed by atoms with Gasteiger partial charge in [0.15, 0.2) is 0 Å². The third kappa shape index (κ3) is 25.8. The zero-order valence-electron chi connectivity index (χ0n) is 41.3. The highest BCUT2D eigenvalue weighted by Gasteiger charge is 2.34. The van der Waals surface area contributed by atoms with Crippen LogP contribution in [0.25, 0.3) is 0 Å². The lowest BCUT2D eigenvalue weighted by Gasteiger charge is -2.21. The number of hydrogen-bond donors (Lipinski definition) is 4. The number of esters is 1. The van der Waals surface area contributed by atoms with Crippen molar-refractivity contribution in [2.45, 2.75) is 126 Å². The molecule has 0 aliphatic heterocycles. The van der Waals surface area contributed by atoms with Crippen LogP contribution in [0.2, 0.25) is 0 Å². The van der Waals surface area contributed by atoms with Crippen molar-refractivity contribution in [2.24, 2.45) is 0 Å². The van der Waals surface area contributed by atoms with E-state index < -0.39 is 59.2 Å². The number of aryl methyl sites for hydroxylation is 1. The fourth-order valence-electron chi connectivity index (χ4n) is 5.86. The molecule has 2 amide bonds. The molecule has 12 nitrogen and oxygen atoms in total. The minimum atomic E-state index is -4.71. The largest absolute Gasteiger partial charge is 0.508 e. The molecule has 0 unspecified atom stereocenters. The second kappa shape index (κ2) is 32.8. The summed E-state index contributed by atoms with van der Waals surface area (Å²) >= 11 is 0. The first kappa shape index (κ1) is 65.0. The second-order valence-electron chi connectivity index (χ2n) is 16.2. The number of carbonyl (C=O) groups excluding carboxylic acids is 3. The maximum atomic E-state index is 13.3. The van der Waals surface area contributed by atoms with E-state index in [1.165, 1.54) is 43.7 Å². The van der Waals surface area contributed by atoms with E-state index in [2.05, 4.69) is 17.2 Å². The highest BCUT2D eigenvalue weighted by molar-refractivity contribution is 5.96. The van der Waals surface area contributed by atoms with Gasteiger partial charge in [-0.2, -0.15) is 26.3 Å². The molecule has 1 aromatic heterocycles. The highest BCUT2D eigenvalue weighted by atomic mass is 19.4. The molecular weight excluding hydrogens is 949 g/mol. The molecule has 4 aromatic carbocycles. The maximum Gasteiger partial charge on any atom is 0.416 e. The number of ether oxygens (including phenoxy) is 2. The number of nitrogens with zero attached hydrogens (tertiary/aromatic N) is 2. The summed E-state index contributed by atoms with van der Waals surface area (Å²) in [6, 6.07) is 24.3. The first-order valence-corrected chi connectivity index (χ1v) is 22.8. The number of aromatic nitrogens is 1. The number of alkyl halides is 6. The topological polar surface area (TPSA) is 176 Å². The molecule has 1 heterocycles. The third-order valence-corrected chi connectivity index (χ3v) is 9.21. The first-order valence-electron chi connectivity index (χ1n) is 22.8. The van der Waals surface area contributed by atoms with Gasteiger partial charge in [-0.15, -0.1) is 0 Å². The van der Waals surface area contributed by atoms with Crippen molar-refractivity contribution in [3.8, 4) is 17.2 Å². The van der Waals surface area contributed by atoms with Gasteiger partial charge in [-0.3, -0.25) is 19.4 Å². The molecule has 0 saturated carbocycles. The monoisotopic (exact) mass is 1020 g/mol. The summed E-state index contributed by atoms with van der Waals surface area (Å²) in [5.41, 5.74) is -0.433. The quantitative estimate of drug-likeness (QED) is 0.0245. The van der Waals surface area contributed by atoms with Gasteiger partial charge in [0.1, 0.15) is 22.9 Å². The van der Waals surface area contributed by atoms with E-state index >= 15 is 0 Å². The van der Waals surface area contributed by atoms with Gasteiger partial charge >= 0.3 is 18.3 Å². The SMILES string of the molecule is C.CC.CC(C)(C)O.CCCCCCCOc1ccc(C(=O)Oc2ccc(CN(CC)C(=O)c3ccc(C(=O)NCc4ccc(O)cc4C(F)(F)F)cn3)cc2)cc1.Cc1cccc(C(F)(F)F)c1.O=CO. The summed E-state index contributed by atoms with van der Waals surface area (Å²) in [5, 5.41) is 27.3. The Labute approximate surface area is 419 Å². The number of pyridine rings is 1. The lowest BCUT2D eigenvalue weighted by Crippen LogP contribution is -2.31. The number of rotatable bonds is 16. The number of hydrogen-bond acceptors (Lipinski definition) is 9. The van der Waals surface area contributed by atoms with Crippen molar-refractivity contribution in [3.63, 3.8) is 0 Å². The van der Waals surface area contributed by atoms with Gasteiger partial charge in [0.05, 0.1) is 34.5 Å². The number of aliphatic hydroxyl groups is 1. The summed E-state index contributed by atoms with van der Waals surface area (Å²) in [6.45, 7) is 15.4. The number of unbranched alkanes of at least 4 members (excludes halogenated alkanes) is 4. The number of amides is 2. The average Bonchev–Trinajstić information content (AvgIpc) is 3.32. The van der Waals surface area contributed by atoms with E-state index in [0.29, 0.717) is 41.8 Å². The smallest absolute Gasteiger partial charge is 0.416 e. The number of phenolic OH excluding ortho intramolecular Hbond substituents is 1. The van der Waals surface area contributed by atoms with Crippen LogP contribution in [0.1, 0.15) is 147 Å². The maximum absolute atomic E-state index is 13.3. The molecule has 5 aromatic rings. The summed E-state index contributed by atoms with van der Waals surface area (Å²) < 4.78 is 87.1. The standard InChI is InChI=1S/C38H40F3N3O6.C8H7F3.C4H10O.C2H6.CH2O2.CH4/c1-3-5-6-7-8-21-49-31-18-12-27(13-19-31)37(48)50-32-16-9-26(10-17-32)25-44(4-2)36(47)34-20-14-29(24-42-34)35(46)43-23-28-11-15-30(45)22-33(28)38(39,40)41;1-6-3-2-4-7(5-6)8(9,10)11;1-4(2,3)5;1-2;2-1-3;/h9-20,22,24,45H,3-8,21,23,25H2,1-2H3,(H,43,46);2-5H,1H3;5H,1-3H3;1-2H3;1H,(H,2,3);1H4. The Bertz CT molecular complexity index is 2350. The van der Waals surface area contributed by atoms with E-state index in [-0.39, 0.29) is 37.3 Å². The van der Waals surface area contributed by atoms with Gasteiger partial charge in [-0.1, -0.05) is 95.8 Å². The Balaban J connectivity index is 0.00000191. The molecule has 0 bridgehead atoms. The van der Waals surface area contributed by atoms with E-state index in [1.807, 2.05) is 13.8 Å². The van der Waals surface area contributed by atoms with Gasteiger partial charge in [0.25, 0.3) is 18.3 Å². The van der Waals surface area contributed by atoms with Crippen LogP contribution in [0.4, 0.5) is 26.3 Å². The summed E-state index contributed by atoms with van der Waals surface area (Å²) in [4.78, 5) is 52.5. The predicted octanol–water partition coefficient (Wildman–Crippen LogP) is 13.1. The molecule has 18 heteroatoms. The van der Waals surface area contributed by atoms with Gasteiger partial charge in [-0.25, -0.2) is 4.79 Å². The van der Waals surface area contributed by atoms with E-state index in [0.717, 1.165) is 42.7 Å².